The maximum absolute atomic E-state index is 12.6. The normalized spacial score (nSPS) is 21.5. The van der Waals surface area contributed by atoms with E-state index in [0.29, 0.717) is 38.5 Å². The number of benzene rings is 1. The molecule has 0 saturated carbocycles. The molecule has 0 radical (unpaired) electrons. The average molecular weight is 545 g/mol. The van der Waals surface area contributed by atoms with E-state index in [0.717, 1.165) is 39.2 Å². The third-order valence-electron chi connectivity index (χ3n) is 6.07. The molecule has 2 aliphatic rings. The highest BCUT2D eigenvalue weighted by atomic mass is 127. The maximum Gasteiger partial charge on any atom is 0.224 e. The van der Waals surface area contributed by atoms with Crippen LogP contribution in [0.5, 0.6) is 0 Å². The second kappa shape index (κ2) is 13.1. The molecule has 174 valence electrons. The average Bonchev–Trinajstić information content (AvgIpc) is 3.25. The molecule has 0 aromatic heterocycles. The Morgan fingerprint density at radius 3 is 2.55 bits per heavy atom. The largest absolute Gasteiger partial charge is 0.396 e. The van der Waals surface area contributed by atoms with E-state index in [2.05, 4.69) is 32.7 Å². The Hall–Kier alpha value is -1.59. The van der Waals surface area contributed by atoms with Crippen molar-refractivity contribution in [3.63, 3.8) is 0 Å². The third-order valence-corrected chi connectivity index (χ3v) is 6.07. The lowest BCUT2D eigenvalue weighted by Crippen LogP contribution is -2.49. The van der Waals surface area contributed by atoms with Gasteiger partial charge in [-0.3, -0.25) is 9.79 Å². The number of aliphatic hydroxyl groups excluding tert-OH is 1. The molecule has 1 amide bonds. The fourth-order valence-electron chi connectivity index (χ4n) is 4.10. The van der Waals surface area contributed by atoms with Crippen LogP contribution < -0.4 is 15.5 Å². The molecule has 3 rings (SSSR count). The molecule has 8 nitrogen and oxygen atoms in total. The Balaban J connectivity index is 0.00000341. The molecule has 1 atom stereocenters. The van der Waals surface area contributed by atoms with Gasteiger partial charge in [-0.2, -0.15) is 0 Å². The maximum atomic E-state index is 12.6. The quantitative estimate of drug-likeness (QED) is 0.259. The van der Waals surface area contributed by atoms with Crippen LogP contribution >= 0.6 is 24.0 Å². The minimum absolute atomic E-state index is 0. The Morgan fingerprint density at radius 1 is 1.19 bits per heavy atom. The van der Waals surface area contributed by atoms with Crippen LogP contribution in [0, 0.1) is 5.41 Å². The third kappa shape index (κ3) is 7.50. The minimum atomic E-state index is -0.0411. The summed E-state index contributed by atoms with van der Waals surface area (Å²) in [6.45, 7) is 6.02. The number of nitrogens with one attached hydrogen (secondary N) is 2. The lowest BCUT2D eigenvalue weighted by molar-refractivity contribution is -0.131. The number of carbonyl (C=O) groups excluding carboxylic acids is 1. The molecule has 2 saturated heterocycles. The first-order valence-electron chi connectivity index (χ1n) is 10.9. The summed E-state index contributed by atoms with van der Waals surface area (Å²) in [5, 5.41) is 15.9. The Labute approximate surface area is 202 Å². The molecular formula is C22H36IN5O3. The number of rotatable bonds is 8. The fraction of sp³-hybridized carbons (Fsp3) is 0.636. The molecule has 0 spiro atoms. The summed E-state index contributed by atoms with van der Waals surface area (Å²) in [7, 11) is 1.73. The van der Waals surface area contributed by atoms with Gasteiger partial charge >= 0.3 is 0 Å². The molecule has 2 heterocycles. The fourth-order valence-corrected chi connectivity index (χ4v) is 4.10. The lowest BCUT2D eigenvalue weighted by Gasteiger charge is -2.36. The van der Waals surface area contributed by atoms with Crippen LogP contribution in [0.2, 0.25) is 0 Å². The predicted octanol–water partition coefficient (Wildman–Crippen LogP) is 1.30. The van der Waals surface area contributed by atoms with E-state index in [4.69, 9.17) is 4.74 Å². The number of piperazine rings is 1. The predicted molar refractivity (Wildman–Crippen MR) is 134 cm³/mol. The first-order valence-corrected chi connectivity index (χ1v) is 10.9. The van der Waals surface area contributed by atoms with Gasteiger partial charge < -0.3 is 30.3 Å². The molecular weight excluding hydrogens is 509 g/mol. The highest BCUT2D eigenvalue weighted by Gasteiger charge is 2.34. The van der Waals surface area contributed by atoms with Crippen LogP contribution in [0.3, 0.4) is 0 Å². The van der Waals surface area contributed by atoms with Gasteiger partial charge in [0.1, 0.15) is 0 Å². The van der Waals surface area contributed by atoms with Crippen LogP contribution in [0.4, 0.5) is 5.69 Å². The number of guanidine groups is 1. The zero-order valence-electron chi connectivity index (χ0n) is 18.4. The summed E-state index contributed by atoms with van der Waals surface area (Å²) < 4.78 is 5.53. The molecule has 9 heteroatoms. The van der Waals surface area contributed by atoms with Crippen LogP contribution in [-0.2, 0) is 9.53 Å². The van der Waals surface area contributed by atoms with Crippen LogP contribution in [0.15, 0.2) is 35.3 Å². The number of anilines is 1. The number of halogens is 1. The summed E-state index contributed by atoms with van der Waals surface area (Å²) >= 11 is 0. The summed E-state index contributed by atoms with van der Waals surface area (Å²) in [5.41, 5.74) is 1.17. The van der Waals surface area contributed by atoms with E-state index in [1.807, 2.05) is 23.1 Å². The van der Waals surface area contributed by atoms with Crippen LogP contribution in [-0.4, -0.2) is 88.0 Å². The number of amides is 1. The molecule has 0 bridgehead atoms. The molecule has 1 aromatic rings. The van der Waals surface area contributed by atoms with Gasteiger partial charge in [0.25, 0.3) is 0 Å². The number of ether oxygens (including phenoxy) is 1. The Bertz CT molecular complexity index is 690. The van der Waals surface area contributed by atoms with Gasteiger partial charge in [0, 0.05) is 77.1 Å². The molecule has 0 aliphatic carbocycles. The highest BCUT2D eigenvalue weighted by molar-refractivity contribution is 14.0. The van der Waals surface area contributed by atoms with E-state index in [1.54, 1.807) is 7.05 Å². The van der Waals surface area contributed by atoms with Crippen molar-refractivity contribution in [2.45, 2.75) is 19.3 Å². The topological polar surface area (TPSA) is 89.4 Å². The Kier molecular flexibility index (Phi) is 10.8. The van der Waals surface area contributed by atoms with E-state index < -0.39 is 0 Å². The summed E-state index contributed by atoms with van der Waals surface area (Å²) in [6.07, 6.45) is 2.09. The van der Waals surface area contributed by atoms with Gasteiger partial charge in [-0.1, -0.05) is 18.2 Å². The molecule has 1 unspecified atom stereocenters. The lowest BCUT2D eigenvalue weighted by atomic mass is 9.84. The van der Waals surface area contributed by atoms with Gasteiger partial charge in [0.2, 0.25) is 5.91 Å². The van der Waals surface area contributed by atoms with Crippen molar-refractivity contribution >= 4 is 41.5 Å². The van der Waals surface area contributed by atoms with Crippen molar-refractivity contribution in [2.24, 2.45) is 10.4 Å². The number of para-hydroxylation sites is 1. The standard InChI is InChI=1S/C22H35N5O3.HI/c1-23-21(25-17-22(8-15-28)9-16-30-18-22)24-10-7-20(29)27-13-11-26(12-14-27)19-5-3-2-4-6-19;/h2-6,28H,7-18H2,1H3,(H2,23,24,25);1H. The second-order valence-electron chi connectivity index (χ2n) is 8.08. The van der Waals surface area contributed by atoms with Gasteiger partial charge in [0.15, 0.2) is 5.96 Å². The number of aliphatic imine (C=N–C) groups is 1. The number of hydrogen-bond donors (Lipinski definition) is 3. The number of carbonyl (C=O) groups is 1. The number of hydrogen-bond acceptors (Lipinski definition) is 5. The summed E-state index contributed by atoms with van der Waals surface area (Å²) in [4.78, 5) is 21.1. The van der Waals surface area contributed by atoms with Crippen LogP contribution in [0.1, 0.15) is 19.3 Å². The molecule has 1 aromatic carbocycles. The van der Waals surface area contributed by atoms with Crippen molar-refractivity contribution in [3.8, 4) is 0 Å². The summed E-state index contributed by atoms with van der Waals surface area (Å²) in [6, 6.07) is 10.3. The Morgan fingerprint density at radius 2 is 1.94 bits per heavy atom. The van der Waals surface area contributed by atoms with Crippen LogP contribution in [0.25, 0.3) is 0 Å². The molecule has 2 aliphatic heterocycles. The first kappa shape index (κ1) is 25.7. The zero-order chi connectivity index (χ0) is 21.2. The molecule has 31 heavy (non-hydrogen) atoms. The van der Waals surface area contributed by atoms with E-state index in [-0.39, 0.29) is 41.9 Å². The number of nitrogens with zero attached hydrogens (tertiary/aromatic N) is 3. The molecule has 2 fully saturated rings. The van der Waals surface area contributed by atoms with Crippen molar-refractivity contribution in [1.29, 1.82) is 0 Å². The van der Waals surface area contributed by atoms with E-state index in [1.165, 1.54) is 5.69 Å². The van der Waals surface area contributed by atoms with Gasteiger partial charge in [-0.05, 0) is 25.0 Å². The first-order chi connectivity index (χ1) is 14.7. The minimum Gasteiger partial charge on any atom is -0.396 e. The van der Waals surface area contributed by atoms with Crippen molar-refractivity contribution in [2.75, 3.05) is 71.0 Å². The summed E-state index contributed by atoms with van der Waals surface area (Å²) in [5.74, 6) is 0.854. The monoisotopic (exact) mass is 545 g/mol. The van der Waals surface area contributed by atoms with Crippen molar-refractivity contribution < 1.29 is 14.6 Å². The van der Waals surface area contributed by atoms with E-state index in [9.17, 15) is 9.90 Å². The van der Waals surface area contributed by atoms with Gasteiger partial charge in [0.05, 0.1) is 6.61 Å². The van der Waals surface area contributed by atoms with Crippen molar-refractivity contribution in [1.82, 2.24) is 15.5 Å². The van der Waals surface area contributed by atoms with E-state index >= 15 is 0 Å². The molecule has 3 N–H and O–H groups in total. The number of aliphatic hydroxyl groups is 1. The SMILES string of the molecule is CN=C(NCCC(=O)N1CCN(c2ccccc2)CC1)NCC1(CCO)CCOC1.I. The van der Waals surface area contributed by atoms with Crippen molar-refractivity contribution in [3.05, 3.63) is 30.3 Å². The highest BCUT2D eigenvalue weighted by Crippen LogP contribution is 2.31. The zero-order valence-corrected chi connectivity index (χ0v) is 20.7. The van der Waals surface area contributed by atoms with Gasteiger partial charge in [-0.25, -0.2) is 0 Å². The van der Waals surface area contributed by atoms with Gasteiger partial charge in [-0.15, -0.1) is 24.0 Å². The second-order valence-corrected chi connectivity index (χ2v) is 8.08. The smallest absolute Gasteiger partial charge is 0.224 e.